The summed E-state index contributed by atoms with van der Waals surface area (Å²) in [6, 6.07) is 8.98. The highest BCUT2D eigenvalue weighted by Gasteiger charge is 2.30. The quantitative estimate of drug-likeness (QED) is 0.460. The number of rotatable bonds is 8. The molecule has 4 heteroatoms. The maximum Gasteiger partial charge on any atom is 0.134 e. The van der Waals surface area contributed by atoms with Crippen LogP contribution in [0.2, 0.25) is 0 Å². The molecule has 3 rings (SSSR count). The maximum absolute atomic E-state index is 14.5. The number of benzene rings is 2. The van der Waals surface area contributed by atoms with Crippen LogP contribution >= 0.6 is 0 Å². The Morgan fingerprint density at radius 1 is 1.24 bits per heavy atom. The van der Waals surface area contributed by atoms with E-state index < -0.39 is 5.67 Å². The van der Waals surface area contributed by atoms with Gasteiger partial charge in [0.2, 0.25) is 0 Å². The number of ketones is 1. The predicted molar refractivity (Wildman–Crippen MR) is 136 cm³/mol. The monoisotopic (exact) mass is 466 g/mol. The molecule has 0 amide bonds. The van der Waals surface area contributed by atoms with Gasteiger partial charge in [0, 0.05) is 6.42 Å². The molecule has 1 aliphatic carbocycles. The van der Waals surface area contributed by atoms with Crippen LogP contribution in [-0.2, 0) is 11.2 Å². The summed E-state index contributed by atoms with van der Waals surface area (Å²) < 4.78 is 34.7. The summed E-state index contributed by atoms with van der Waals surface area (Å²) in [5.74, 6) is 0.878. The Hall–Kier alpha value is -2.75. The third-order valence-corrected chi connectivity index (χ3v) is 6.82. The molecule has 1 saturated carbocycles. The van der Waals surface area contributed by atoms with Crippen molar-refractivity contribution in [2.24, 2.45) is 5.92 Å². The fraction of sp³-hybridized carbons (Fsp3) is 0.433. The largest absolute Gasteiger partial charge is 0.493 e. The van der Waals surface area contributed by atoms with Crippen LogP contribution < -0.4 is 15.2 Å². The SMILES string of the molecule is C=c1cc(C)c(OCCC2CCC(C)(F)CC2)c/c1=C/C(=CC)c1ccc(CC(C)=O)c(F)c1. The highest BCUT2D eigenvalue weighted by molar-refractivity contribution is 5.88. The van der Waals surface area contributed by atoms with Gasteiger partial charge in [-0.1, -0.05) is 24.8 Å². The van der Waals surface area contributed by atoms with E-state index in [4.69, 9.17) is 4.74 Å². The fourth-order valence-corrected chi connectivity index (χ4v) is 4.60. The zero-order valence-electron chi connectivity index (χ0n) is 20.8. The second-order valence-electron chi connectivity index (χ2n) is 9.88. The van der Waals surface area contributed by atoms with Gasteiger partial charge in [-0.05, 0) is 123 Å². The van der Waals surface area contributed by atoms with Crippen LogP contribution in [0.15, 0.2) is 36.4 Å². The van der Waals surface area contributed by atoms with Crippen molar-refractivity contribution in [3.8, 4) is 5.75 Å². The number of carbonyl (C=O) groups is 1. The highest BCUT2D eigenvalue weighted by atomic mass is 19.1. The second-order valence-corrected chi connectivity index (χ2v) is 9.88. The Morgan fingerprint density at radius 2 is 1.94 bits per heavy atom. The van der Waals surface area contributed by atoms with Gasteiger partial charge in [0.15, 0.2) is 0 Å². The molecular formula is C30H36F2O2. The summed E-state index contributed by atoms with van der Waals surface area (Å²) in [6.07, 6.45) is 8.03. The summed E-state index contributed by atoms with van der Waals surface area (Å²) in [5, 5.41) is 1.78. The van der Waals surface area contributed by atoms with Crippen molar-refractivity contribution in [2.75, 3.05) is 6.61 Å². The number of ether oxygens (including phenoxy) is 1. The summed E-state index contributed by atoms with van der Waals surface area (Å²) in [4.78, 5) is 11.4. The zero-order chi connectivity index (χ0) is 24.9. The first-order chi connectivity index (χ1) is 16.1. The van der Waals surface area contributed by atoms with Crippen molar-refractivity contribution in [3.05, 3.63) is 69.4 Å². The number of allylic oxidation sites excluding steroid dienone is 2. The second kappa shape index (κ2) is 11.1. The van der Waals surface area contributed by atoms with E-state index in [2.05, 4.69) is 6.58 Å². The molecule has 0 spiro atoms. The van der Waals surface area contributed by atoms with E-state index in [0.29, 0.717) is 30.9 Å². The van der Waals surface area contributed by atoms with Crippen LogP contribution in [0.1, 0.15) is 69.6 Å². The molecule has 0 unspecified atom stereocenters. The van der Waals surface area contributed by atoms with Crippen LogP contribution in [0.4, 0.5) is 8.78 Å². The van der Waals surface area contributed by atoms with Gasteiger partial charge in [-0.2, -0.15) is 0 Å². The Morgan fingerprint density at radius 3 is 2.56 bits per heavy atom. The van der Waals surface area contributed by atoms with Crippen LogP contribution in [0.3, 0.4) is 0 Å². The van der Waals surface area contributed by atoms with Gasteiger partial charge in [0.1, 0.15) is 23.0 Å². The number of hydrogen-bond donors (Lipinski definition) is 0. The summed E-state index contributed by atoms with van der Waals surface area (Å²) in [6.45, 7) is 11.9. The summed E-state index contributed by atoms with van der Waals surface area (Å²) in [7, 11) is 0. The van der Waals surface area contributed by atoms with Crippen LogP contribution in [0.5, 0.6) is 5.75 Å². The van der Waals surface area contributed by atoms with Gasteiger partial charge in [0.25, 0.3) is 0 Å². The first-order valence-electron chi connectivity index (χ1n) is 12.2. The molecule has 0 bridgehead atoms. The number of Topliss-reactive ketones (excluding diaryl/α,β-unsaturated/α-hetero) is 1. The van der Waals surface area contributed by atoms with Gasteiger partial charge in [-0.25, -0.2) is 8.78 Å². The van der Waals surface area contributed by atoms with Gasteiger partial charge in [-0.15, -0.1) is 0 Å². The first kappa shape index (κ1) is 25.9. The minimum Gasteiger partial charge on any atom is -0.493 e. The molecule has 0 aromatic heterocycles. The van der Waals surface area contributed by atoms with Gasteiger partial charge in [0.05, 0.1) is 6.61 Å². The lowest BCUT2D eigenvalue weighted by atomic mass is 9.80. The van der Waals surface area contributed by atoms with Crippen molar-refractivity contribution >= 4 is 24.0 Å². The molecule has 182 valence electrons. The third kappa shape index (κ3) is 6.88. The van der Waals surface area contributed by atoms with Gasteiger partial charge < -0.3 is 4.74 Å². The number of aryl methyl sites for hydroxylation is 1. The molecule has 2 aromatic rings. The first-order valence-corrected chi connectivity index (χ1v) is 12.2. The van der Waals surface area contributed by atoms with Crippen LogP contribution in [0.25, 0.3) is 18.2 Å². The van der Waals surface area contributed by atoms with Crippen LogP contribution in [-0.4, -0.2) is 18.1 Å². The molecule has 1 fully saturated rings. The average molecular weight is 467 g/mol. The number of halogens is 2. The molecule has 2 nitrogen and oxygen atoms in total. The number of hydrogen-bond acceptors (Lipinski definition) is 2. The molecule has 0 saturated heterocycles. The molecule has 0 radical (unpaired) electrons. The third-order valence-electron chi connectivity index (χ3n) is 6.82. The number of alkyl halides is 1. The topological polar surface area (TPSA) is 26.3 Å². The maximum atomic E-state index is 14.5. The molecule has 0 N–H and O–H groups in total. The van der Waals surface area contributed by atoms with Crippen LogP contribution in [0, 0.1) is 18.7 Å². The van der Waals surface area contributed by atoms with Crippen molar-refractivity contribution in [2.45, 2.75) is 71.9 Å². The van der Waals surface area contributed by atoms with E-state index in [1.54, 1.807) is 13.0 Å². The fourth-order valence-electron chi connectivity index (χ4n) is 4.60. The highest BCUT2D eigenvalue weighted by Crippen LogP contribution is 2.36. The van der Waals surface area contributed by atoms with Crippen molar-refractivity contribution in [1.82, 2.24) is 0 Å². The van der Waals surface area contributed by atoms with E-state index in [0.717, 1.165) is 52.1 Å². The minimum absolute atomic E-state index is 0.0669. The van der Waals surface area contributed by atoms with Gasteiger partial charge >= 0.3 is 0 Å². The van der Waals surface area contributed by atoms with Crippen molar-refractivity contribution < 1.29 is 18.3 Å². The Kier molecular flexibility index (Phi) is 8.46. The van der Waals surface area contributed by atoms with E-state index in [1.165, 1.54) is 13.0 Å². The standard InChI is InChI=1S/C30H36F2O2/c1-6-24(25-7-8-26(16-22(4)33)28(31)18-25)17-27-19-29(21(3)15-20(27)2)34-14-11-23-9-12-30(5,32)13-10-23/h6-8,15,17-19,23H,2,9-14,16H2,1,3-5H3/b24-6?,27-17-. The number of carbonyl (C=O) groups excluding carboxylic acids is 1. The molecular weight excluding hydrogens is 430 g/mol. The summed E-state index contributed by atoms with van der Waals surface area (Å²) in [5.41, 5.74) is 2.02. The summed E-state index contributed by atoms with van der Waals surface area (Å²) >= 11 is 0. The Balaban J connectivity index is 1.76. The normalized spacial score (nSPS) is 21.5. The predicted octanol–water partition coefficient (Wildman–Crippen LogP) is 6.25. The lowest BCUT2D eigenvalue weighted by Crippen LogP contribution is -2.27. The van der Waals surface area contributed by atoms with E-state index in [1.807, 2.05) is 44.2 Å². The molecule has 34 heavy (non-hydrogen) atoms. The van der Waals surface area contributed by atoms with Crippen molar-refractivity contribution in [1.29, 1.82) is 0 Å². The van der Waals surface area contributed by atoms with E-state index in [9.17, 15) is 13.6 Å². The smallest absolute Gasteiger partial charge is 0.134 e. The molecule has 0 atom stereocenters. The molecule has 0 heterocycles. The zero-order valence-corrected chi connectivity index (χ0v) is 20.8. The average Bonchev–Trinajstić information content (AvgIpc) is 2.77. The lowest BCUT2D eigenvalue weighted by Gasteiger charge is -2.31. The lowest BCUT2D eigenvalue weighted by molar-refractivity contribution is -0.116. The van der Waals surface area contributed by atoms with Crippen molar-refractivity contribution in [3.63, 3.8) is 0 Å². The Labute approximate surface area is 202 Å². The Bertz CT molecular complexity index is 1170. The molecule has 0 aliphatic heterocycles. The minimum atomic E-state index is -1.01. The molecule has 1 aliphatic rings. The van der Waals surface area contributed by atoms with E-state index in [-0.39, 0.29) is 18.0 Å². The van der Waals surface area contributed by atoms with E-state index >= 15 is 0 Å². The van der Waals surface area contributed by atoms with Gasteiger partial charge in [-0.3, -0.25) is 4.79 Å². The molecule has 2 aromatic carbocycles.